The lowest BCUT2D eigenvalue weighted by atomic mass is 10.1. The summed E-state index contributed by atoms with van der Waals surface area (Å²) in [6.07, 6.45) is 3.58. The van der Waals surface area contributed by atoms with Gasteiger partial charge in [0.15, 0.2) is 11.0 Å². The smallest absolute Gasteiger partial charge is 0.407 e. The van der Waals surface area contributed by atoms with Gasteiger partial charge in [0.25, 0.3) is 0 Å². The molecule has 7 nitrogen and oxygen atoms in total. The lowest BCUT2D eigenvalue weighted by Gasteiger charge is -2.28. The third kappa shape index (κ3) is 4.91. The van der Waals surface area contributed by atoms with Gasteiger partial charge in [-0.05, 0) is 51.6 Å². The molecule has 1 unspecified atom stereocenters. The van der Waals surface area contributed by atoms with E-state index in [9.17, 15) is 9.18 Å². The van der Waals surface area contributed by atoms with Gasteiger partial charge in [0, 0.05) is 25.3 Å². The number of carbonyl (C=O) groups is 1. The first-order valence-corrected chi connectivity index (χ1v) is 9.81. The third-order valence-corrected chi connectivity index (χ3v) is 4.72. The number of alkyl carbamates (subject to hydrolysis) is 1. The Kier molecular flexibility index (Phi) is 6.09. The van der Waals surface area contributed by atoms with Crippen LogP contribution in [0.3, 0.4) is 0 Å². The molecule has 1 aliphatic heterocycles. The van der Waals surface area contributed by atoms with Crippen LogP contribution in [0.2, 0.25) is 10.4 Å². The van der Waals surface area contributed by atoms with Gasteiger partial charge in [-0.1, -0.05) is 11.6 Å². The zero-order valence-corrected chi connectivity index (χ0v) is 17.4. The van der Waals surface area contributed by atoms with Crippen molar-refractivity contribution in [3.8, 4) is 0 Å². The van der Waals surface area contributed by atoms with Crippen molar-refractivity contribution in [3.05, 3.63) is 22.5 Å². The molecule has 3 heterocycles. The van der Waals surface area contributed by atoms with Crippen LogP contribution >= 0.6 is 23.2 Å². The van der Waals surface area contributed by atoms with E-state index >= 15 is 0 Å². The zero-order chi connectivity index (χ0) is 20.5. The van der Waals surface area contributed by atoms with Crippen LogP contribution in [0.15, 0.2) is 6.20 Å². The molecule has 2 aromatic heterocycles. The summed E-state index contributed by atoms with van der Waals surface area (Å²) in [5, 5.41) is 2.98. The molecule has 152 valence electrons. The average Bonchev–Trinajstić information content (AvgIpc) is 2.81. The monoisotopic (exact) mass is 429 g/mol. The minimum absolute atomic E-state index is 0.0240. The van der Waals surface area contributed by atoms with Crippen molar-refractivity contribution >= 4 is 46.0 Å². The summed E-state index contributed by atoms with van der Waals surface area (Å²) in [4.78, 5) is 26.2. The molecule has 1 atom stereocenters. The molecule has 0 spiro atoms. The van der Waals surface area contributed by atoms with Gasteiger partial charge in [0.2, 0.25) is 5.28 Å². The van der Waals surface area contributed by atoms with Gasteiger partial charge >= 0.3 is 6.09 Å². The fraction of sp³-hybridized carbons (Fsp3) is 0.556. The van der Waals surface area contributed by atoms with Gasteiger partial charge in [0.1, 0.15) is 16.9 Å². The van der Waals surface area contributed by atoms with Crippen molar-refractivity contribution in [2.24, 2.45) is 0 Å². The highest BCUT2D eigenvalue weighted by atomic mass is 35.5. The highest BCUT2D eigenvalue weighted by Crippen LogP contribution is 2.30. The average molecular weight is 430 g/mol. The number of aromatic nitrogens is 3. The molecule has 0 aromatic carbocycles. The number of fused-ring (bicyclic) bond motifs is 1. The Labute approximate surface area is 172 Å². The zero-order valence-electron chi connectivity index (χ0n) is 15.9. The van der Waals surface area contributed by atoms with Crippen LogP contribution in [-0.4, -0.2) is 45.8 Å². The Morgan fingerprint density at radius 2 is 2.07 bits per heavy atom. The minimum Gasteiger partial charge on any atom is -0.444 e. The summed E-state index contributed by atoms with van der Waals surface area (Å²) < 4.78 is 19.7. The van der Waals surface area contributed by atoms with Gasteiger partial charge < -0.3 is 15.0 Å². The van der Waals surface area contributed by atoms with E-state index in [-0.39, 0.29) is 22.0 Å². The molecule has 1 amide bonds. The Bertz CT molecular complexity index is 890. The van der Waals surface area contributed by atoms with E-state index in [2.05, 4.69) is 20.3 Å². The van der Waals surface area contributed by atoms with Crippen molar-refractivity contribution in [3.63, 3.8) is 0 Å². The van der Waals surface area contributed by atoms with E-state index in [1.165, 1.54) is 6.20 Å². The van der Waals surface area contributed by atoms with E-state index in [4.69, 9.17) is 27.9 Å². The molecule has 1 aliphatic rings. The predicted octanol–water partition coefficient (Wildman–Crippen LogP) is 4.35. The van der Waals surface area contributed by atoms with Crippen LogP contribution in [0.1, 0.15) is 40.0 Å². The number of hydrogen-bond acceptors (Lipinski definition) is 6. The maximum atomic E-state index is 14.4. The number of carbonyl (C=O) groups excluding carboxylic acids is 1. The highest BCUT2D eigenvalue weighted by molar-refractivity contribution is 6.30. The molecule has 0 bridgehead atoms. The van der Waals surface area contributed by atoms with Gasteiger partial charge in [-0.3, -0.25) is 0 Å². The van der Waals surface area contributed by atoms with Gasteiger partial charge in [-0.2, -0.15) is 4.98 Å². The van der Waals surface area contributed by atoms with Crippen LogP contribution in [0.5, 0.6) is 0 Å². The summed E-state index contributed by atoms with van der Waals surface area (Å²) in [6.45, 7) is 6.60. The molecule has 1 saturated heterocycles. The molecule has 0 aliphatic carbocycles. The fourth-order valence-corrected chi connectivity index (χ4v) is 3.46. The number of nitrogens with one attached hydrogen (secondary N) is 1. The Balaban J connectivity index is 1.88. The van der Waals surface area contributed by atoms with Crippen molar-refractivity contribution in [2.45, 2.75) is 51.7 Å². The Hall–Kier alpha value is -1.93. The second-order valence-electron chi connectivity index (χ2n) is 7.73. The highest BCUT2D eigenvalue weighted by Gasteiger charge is 2.26. The first kappa shape index (κ1) is 20.8. The lowest BCUT2D eigenvalue weighted by molar-refractivity contribution is 0.0504. The summed E-state index contributed by atoms with van der Waals surface area (Å²) >= 11 is 11.8. The van der Waals surface area contributed by atoms with E-state index in [0.717, 1.165) is 19.3 Å². The topological polar surface area (TPSA) is 80.2 Å². The quantitative estimate of drug-likeness (QED) is 0.564. The lowest BCUT2D eigenvalue weighted by Crippen LogP contribution is -2.45. The first-order chi connectivity index (χ1) is 13.1. The van der Waals surface area contributed by atoms with E-state index < -0.39 is 17.5 Å². The maximum Gasteiger partial charge on any atom is 0.407 e. The molecule has 2 aromatic rings. The number of anilines is 1. The second-order valence-corrected chi connectivity index (χ2v) is 8.42. The number of hydrogen-bond donors (Lipinski definition) is 1. The number of halogens is 3. The molecule has 28 heavy (non-hydrogen) atoms. The predicted molar refractivity (Wildman–Crippen MR) is 107 cm³/mol. The first-order valence-electron chi connectivity index (χ1n) is 9.06. The van der Waals surface area contributed by atoms with Crippen molar-refractivity contribution in [1.29, 1.82) is 0 Å². The van der Waals surface area contributed by atoms with E-state index in [1.54, 1.807) is 0 Å². The normalized spacial score (nSPS) is 18.1. The number of pyridine rings is 1. The van der Waals surface area contributed by atoms with Crippen LogP contribution in [0.25, 0.3) is 10.9 Å². The third-order valence-electron chi connectivity index (χ3n) is 4.29. The maximum absolute atomic E-state index is 14.4. The van der Waals surface area contributed by atoms with Crippen molar-refractivity contribution in [2.75, 3.05) is 18.0 Å². The van der Waals surface area contributed by atoms with E-state index in [1.807, 2.05) is 25.7 Å². The molecule has 0 radical (unpaired) electrons. The van der Waals surface area contributed by atoms with E-state index in [0.29, 0.717) is 24.3 Å². The Morgan fingerprint density at radius 1 is 1.32 bits per heavy atom. The number of rotatable bonds is 2. The van der Waals surface area contributed by atoms with Crippen molar-refractivity contribution < 1.29 is 13.9 Å². The molecule has 3 rings (SSSR count). The standard InChI is InChI=1S/C18H22Cl2FN5O2/c1-18(2,3)28-17(27)23-10-6-4-5-7-26(9-10)15-11-8-22-14(19)12(21)13(11)24-16(20)25-15/h8,10H,4-7,9H2,1-3H3,(H,23,27). The molecule has 1 fully saturated rings. The van der Waals surface area contributed by atoms with Crippen LogP contribution in [0.4, 0.5) is 15.0 Å². The SMILES string of the molecule is CC(C)(C)OC(=O)NC1CCCCN(c2nc(Cl)nc3c(F)c(Cl)ncc23)C1. The minimum atomic E-state index is -0.733. The summed E-state index contributed by atoms with van der Waals surface area (Å²) in [6, 6.07) is -0.147. The largest absolute Gasteiger partial charge is 0.444 e. The van der Waals surface area contributed by atoms with Gasteiger partial charge in [-0.25, -0.2) is 19.2 Å². The van der Waals surface area contributed by atoms with Crippen molar-refractivity contribution in [1.82, 2.24) is 20.3 Å². The number of ether oxygens (including phenoxy) is 1. The molecule has 0 saturated carbocycles. The van der Waals surface area contributed by atoms with Gasteiger partial charge in [-0.15, -0.1) is 0 Å². The molecular formula is C18H22Cl2FN5O2. The summed E-state index contributed by atoms with van der Waals surface area (Å²) in [5.74, 6) is -0.265. The Morgan fingerprint density at radius 3 is 2.79 bits per heavy atom. The van der Waals surface area contributed by atoms with Crippen LogP contribution < -0.4 is 10.2 Å². The number of nitrogens with zero attached hydrogens (tertiary/aromatic N) is 4. The van der Waals surface area contributed by atoms with Gasteiger partial charge in [0.05, 0.1) is 5.39 Å². The summed E-state index contributed by atoms with van der Waals surface area (Å²) in [5.41, 5.74) is -0.552. The van der Waals surface area contributed by atoms with Crippen LogP contribution in [0, 0.1) is 5.82 Å². The second kappa shape index (κ2) is 8.21. The number of amides is 1. The summed E-state index contributed by atoms with van der Waals surface area (Å²) in [7, 11) is 0. The molecule has 10 heteroatoms. The van der Waals surface area contributed by atoms with Crippen LogP contribution in [-0.2, 0) is 4.74 Å². The molecular weight excluding hydrogens is 408 g/mol. The molecule has 1 N–H and O–H groups in total. The fourth-order valence-electron chi connectivity index (χ4n) is 3.16.